The third-order valence-corrected chi connectivity index (χ3v) is 4.42. The van der Waals surface area contributed by atoms with Gasteiger partial charge in [-0.3, -0.25) is 4.79 Å². The first-order valence-electron chi connectivity index (χ1n) is 7.39. The molecule has 6 heteroatoms. The Morgan fingerprint density at radius 2 is 1.96 bits per heavy atom. The van der Waals surface area contributed by atoms with E-state index in [1.807, 2.05) is 48.5 Å². The molecule has 0 aliphatic carbocycles. The number of oxazole rings is 1. The van der Waals surface area contributed by atoms with Crippen molar-refractivity contribution < 1.29 is 9.21 Å². The average Bonchev–Trinajstić information content (AvgIpc) is 3.20. The number of nitrogens with zero attached hydrogens (tertiary/aromatic N) is 2. The minimum Gasteiger partial charge on any atom is -0.436 e. The number of benzene rings is 2. The highest BCUT2D eigenvalue weighted by Crippen LogP contribution is 2.31. The molecule has 2 aromatic heterocycles. The molecule has 2 heterocycles. The number of fused-ring (bicyclic) bond motifs is 1. The number of rotatable bonds is 3. The Kier molecular flexibility index (Phi) is 3.59. The van der Waals surface area contributed by atoms with E-state index in [1.54, 1.807) is 6.20 Å². The molecule has 0 aliphatic rings. The van der Waals surface area contributed by atoms with Gasteiger partial charge in [0, 0.05) is 18.1 Å². The van der Waals surface area contributed by atoms with Crippen molar-refractivity contribution in [3.8, 4) is 22.8 Å². The van der Waals surface area contributed by atoms with Crippen LogP contribution in [-0.2, 0) is 4.79 Å². The standard InChI is InChI=1S/C18H13N3O2S/c1-11(22)20-18-21-14-8-7-13(9-16(14)24-18)17-19-10-15(23-17)12-5-3-2-4-6-12/h2-10H,1H3,(H,20,21,22). The lowest BCUT2D eigenvalue weighted by Crippen LogP contribution is -2.04. The molecule has 5 nitrogen and oxygen atoms in total. The third-order valence-electron chi connectivity index (χ3n) is 3.48. The summed E-state index contributed by atoms with van der Waals surface area (Å²) < 4.78 is 6.85. The second-order valence-electron chi connectivity index (χ2n) is 5.28. The van der Waals surface area contributed by atoms with Gasteiger partial charge >= 0.3 is 0 Å². The molecular formula is C18H13N3O2S. The van der Waals surface area contributed by atoms with E-state index < -0.39 is 0 Å². The van der Waals surface area contributed by atoms with Gasteiger partial charge in [-0.2, -0.15) is 0 Å². The fraction of sp³-hybridized carbons (Fsp3) is 0.0556. The number of carbonyl (C=O) groups excluding carboxylic acids is 1. The number of amides is 1. The van der Waals surface area contributed by atoms with Gasteiger partial charge in [-0.15, -0.1) is 0 Å². The predicted octanol–water partition coefficient (Wildman–Crippen LogP) is 4.58. The zero-order valence-electron chi connectivity index (χ0n) is 12.8. The molecule has 4 aromatic rings. The van der Waals surface area contributed by atoms with Crippen LogP contribution < -0.4 is 5.32 Å². The summed E-state index contributed by atoms with van der Waals surface area (Å²) in [7, 11) is 0. The fourth-order valence-corrected chi connectivity index (χ4v) is 3.36. The molecule has 0 radical (unpaired) electrons. The summed E-state index contributed by atoms with van der Waals surface area (Å²) >= 11 is 1.43. The number of thiazole rings is 1. The van der Waals surface area contributed by atoms with Crippen LogP contribution in [0.3, 0.4) is 0 Å². The Morgan fingerprint density at radius 1 is 1.12 bits per heavy atom. The van der Waals surface area contributed by atoms with Crippen molar-refractivity contribution in [2.75, 3.05) is 5.32 Å². The zero-order chi connectivity index (χ0) is 16.5. The monoisotopic (exact) mass is 335 g/mol. The molecule has 0 saturated heterocycles. The largest absolute Gasteiger partial charge is 0.436 e. The van der Waals surface area contributed by atoms with E-state index in [9.17, 15) is 4.79 Å². The van der Waals surface area contributed by atoms with E-state index in [0.717, 1.165) is 27.1 Å². The zero-order valence-corrected chi connectivity index (χ0v) is 13.6. The molecule has 118 valence electrons. The number of hydrogen-bond donors (Lipinski definition) is 1. The maximum absolute atomic E-state index is 11.1. The van der Waals surface area contributed by atoms with Gasteiger partial charge in [0.25, 0.3) is 0 Å². The molecule has 0 unspecified atom stereocenters. The average molecular weight is 335 g/mol. The van der Waals surface area contributed by atoms with E-state index in [2.05, 4.69) is 15.3 Å². The van der Waals surface area contributed by atoms with Crippen LogP contribution in [0.5, 0.6) is 0 Å². The van der Waals surface area contributed by atoms with Gasteiger partial charge in [-0.05, 0) is 18.2 Å². The van der Waals surface area contributed by atoms with Gasteiger partial charge in [-0.1, -0.05) is 41.7 Å². The van der Waals surface area contributed by atoms with Gasteiger partial charge in [0.05, 0.1) is 16.4 Å². The highest BCUT2D eigenvalue weighted by Gasteiger charge is 2.11. The predicted molar refractivity (Wildman–Crippen MR) is 94.9 cm³/mol. The Morgan fingerprint density at radius 3 is 2.75 bits per heavy atom. The number of aromatic nitrogens is 2. The maximum Gasteiger partial charge on any atom is 0.226 e. The Labute approximate surface area is 142 Å². The molecule has 2 aromatic carbocycles. The molecule has 0 spiro atoms. The van der Waals surface area contributed by atoms with Crippen molar-refractivity contribution in [2.45, 2.75) is 6.92 Å². The topological polar surface area (TPSA) is 68.0 Å². The molecule has 1 N–H and O–H groups in total. The van der Waals surface area contributed by atoms with Crippen LogP contribution in [0.2, 0.25) is 0 Å². The minimum absolute atomic E-state index is 0.130. The van der Waals surface area contributed by atoms with E-state index in [0.29, 0.717) is 11.0 Å². The Bertz CT molecular complexity index is 1020. The van der Waals surface area contributed by atoms with Crippen LogP contribution in [0, 0.1) is 0 Å². The normalized spacial score (nSPS) is 10.9. The van der Waals surface area contributed by atoms with Gasteiger partial charge < -0.3 is 9.73 Å². The summed E-state index contributed by atoms with van der Waals surface area (Å²) in [6.07, 6.45) is 1.73. The van der Waals surface area contributed by atoms with Gasteiger partial charge in [0.15, 0.2) is 10.9 Å². The first-order chi connectivity index (χ1) is 11.7. The van der Waals surface area contributed by atoms with Crippen molar-refractivity contribution >= 4 is 32.6 Å². The highest BCUT2D eigenvalue weighted by molar-refractivity contribution is 7.22. The van der Waals surface area contributed by atoms with Crippen molar-refractivity contribution in [1.29, 1.82) is 0 Å². The second-order valence-corrected chi connectivity index (χ2v) is 6.31. The summed E-state index contributed by atoms with van der Waals surface area (Å²) in [5.41, 5.74) is 2.70. The molecule has 4 rings (SSSR count). The molecule has 0 aliphatic heterocycles. The number of anilines is 1. The van der Waals surface area contributed by atoms with Crippen LogP contribution in [0.1, 0.15) is 6.92 Å². The number of hydrogen-bond acceptors (Lipinski definition) is 5. The minimum atomic E-state index is -0.130. The van der Waals surface area contributed by atoms with Gasteiger partial charge in [-0.25, -0.2) is 9.97 Å². The van der Waals surface area contributed by atoms with Crippen molar-refractivity contribution in [3.05, 3.63) is 54.7 Å². The third kappa shape index (κ3) is 2.79. The Hall–Kier alpha value is -2.99. The number of nitrogens with one attached hydrogen (secondary N) is 1. The van der Waals surface area contributed by atoms with Crippen molar-refractivity contribution in [3.63, 3.8) is 0 Å². The molecule has 24 heavy (non-hydrogen) atoms. The first kappa shape index (κ1) is 14.6. The maximum atomic E-state index is 11.1. The lowest BCUT2D eigenvalue weighted by Gasteiger charge is -1.96. The van der Waals surface area contributed by atoms with Gasteiger partial charge in [0.2, 0.25) is 11.8 Å². The molecule has 0 atom stereocenters. The Balaban J connectivity index is 1.69. The summed E-state index contributed by atoms with van der Waals surface area (Å²) in [4.78, 5) is 19.9. The lowest BCUT2D eigenvalue weighted by atomic mass is 10.2. The van der Waals surface area contributed by atoms with Crippen LogP contribution >= 0.6 is 11.3 Å². The van der Waals surface area contributed by atoms with E-state index in [-0.39, 0.29) is 5.91 Å². The van der Waals surface area contributed by atoms with Gasteiger partial charge in [0.1, 0.15) is 0 Å². The summed E-state index contributed by atoms with van der Waals surface area (Å²) in [6.45, 7) is 1.47. The smallest absolute Gasteiger partial charge is 0.226 e. The lowest BCUT2D eigenvalue weighted by molar-refractivity contribution is -0.114. The summed E-state index contributed by atoms with van der Waals surface area (Å²) in [5.74, 6) is 1.16. The molecule has 1 amide bonds. The van der Waals surface area contributed by atoms with E-state index in [4.69, 9.17) is 4.42 Å². The van der Waals surface area contributed by atoms with Crippen LogP contribution in [-0.4, -0.2) is 15.9 Å². The molecule has 0 saturated carbocycles. The van der Waals surface area contributed by atoms with Crippen LogP contribution in [0.4, 0.5) is 5.13 Å². The quantitative estimate of drug-likeness (QED) is 0.595. The molecule has 0 fully saturated rings. The van der Waals surface area contributed by atoms with E-state index >= 15 is 0 Å². The molecular weight excluding hydrogens is 322 g/mol. The summed E-state index contributed by atoms with van der Waals surface area (Å²) in [5, 5.41) is 3.30. The SMILES string of the molecule is CC(=O)Nc1nc2ccc(-c3ncc(-c4ccccc4)o3)cc2s1. The fourth-order valence-electron chi connectivity index (χ4n) is 2.41. The van der Waals surface area contributed by atoms with Crippen LogP contribution in [0.25, 0.3) is 33.0 Å². The second kappa shape index (κ2) is 5.90. The van der Waals surface area contributed by atoms with E-state index in [1.165, 1.54) is 18.3 Å². The van der Waals surface area contributed by atoms with Crippen molar-refractivity contribution in [2.24, 2.45) is 0 Å². The number of carbonyl (C=O) groups is 1. The molecule has 0 bridgehead atoms. The first-order valence-corrected chi connectivity index (χ1v) is 8.20. The highest BCUT2D eigenvalue weighted by atomic mass is 32.1. The van der Waals surface area contributed by atoms with Crippen molar-refractivity contribution in [1.82, 2.24) is 9.97 Å². The summed E-state index contributed by atoms with van der Waals surface area (Å²) in [6, 6.07) is 15.6. The van der Waals surface area contributed by atoms with Crippen LogP contribution in [0.15, 0.2) is 59.1 Å².